The van der Waals surface area contributed by atoms with Crippen molar-refractivity contribution in [2.45, 2.75) is 45.6 Å². The topological polar surface area (TPSA) is 3.24 Å². The zero-order valence-electron chi connectivity index (χ0n) is 16.5. The van der Waals surface area contributed by atoms with E-state index in [-0.39, 0.29) is 11.0 Å². The van der Waals surface area contributed by atoms with Crippen molar-refractivity contribution in [3.05, 3.63) is 96.1 Å². The van der Waals surface area contributed by atoms with E-state index in [0.717, 1.165) is 0 Å². The summed E-state index contributed by atoms with van der Waals surface area (Å²) in [5.41, 5.74) is 5.08. The van der Waals surface area contributed by atoms with Gasteiger partial charge in [-0.15, -0.1) is 0 Å². The van der Waals surface area contributed by atoms with Crippen molar-refractivity contribution in [2.75, 3.05) is 4.90 Å². The summed E-state index contributed by atoms with van der Waals surface area (Å²) in [6.45, 7) is 11.3. The minimum atomic E-state index is -0.0148. The van der Waals surface area contributed by atoms with Gasteiger partial charge in [0.05, 0.1) is 0 Å². The molecule has 26 heavy (non-hydrogen) atoms. The van der Waals surface area contributed by atoms with Gasteiger partial charge in [0.25, 0.3) is 0 Å². The van der Waals surface area contributed by atoms with Crippen molar-refractivity contribution >= 4 is 11.4 Å². The number of hydrogen-bond donors (Lipinski definition) is 0. The lowest BCUT2D eigenvalue weighted by atomic mass is 9.78. The highest BCUT2D eigenvalue weighted by Gasteiger charge is 2.26. The molecule has 0 atom stereocenters. The summed E-state index contributed by atoms with van der Waals surface area (Å²) in [6, 6.07) is 30.4. The van der Waals surface area contributed by atoms with Gasteiger partial charge in [-0.2, -0.15) is 0 Å². The smallest absolute Gasteiger partial charge is 0.0416 e. The number of rotatable bonds is 4. The molecule has 1 heteroatoms. The van der Waals surface area contributed by atoms with Crippen LogP contribution in [0.15, 0.2) is 84.9 Å². The van der Waals surface area contributed by atoms with Gasteiger partial charge in [0.1, 0.15) is 0 Å². The molecule has 0 saturated carbocycles. The highest BCUT2D eigenvalue weighted by Crippen LogP contribution is 2.36. The molecule has 3 aromatic rings. The third-order valence-corrected chi connectivity index (χ3v) is 5.03. The Morgan fingerprint density at radius 2 is 0.923 bits per heavy atom. The van der Waals surface area contributed by atoms with Gasteiger partial charge in [-0.25, -0.2) is 0 Å². The molecule has 0 radical (unpaired) electrons. The van der Waals surface area contributed by atoms with E-state index in [1.165, 1.54) is 22.5 Å². The molecule has 0 aliphatic carbocycles. The SMILES string of the molecule is CC(C)(c1ccccc1)c1ccc(N(c2ccccc2)C(C)(C)C)cc1. The van der Waals surface area contributed by atoms with Crippen molar-refractivity contribution in [1.29, 1.82) is 0 Å². The number of anilines is 2. The Hall–Kier alpha value is -2.54. The molecule has 0 aromatic heterocycles. The molecule has 0 N–H and O–H groups in total. The molecule has 0 aliphatic rings. The van der Waals surface area contributed by atoms with Crippen LogP contribution in [0.3, 0.4) is 0 Å². The lowest BCUT2D eigenvalue weighted by molar-refractivity contribution is 0.560. The molecule has 0 heterocycles. The Bertz CT molecular complexity index is 825. The van der Waals surface area contributed by atoms with Gasteiger partial charge in [0, 0.05) is 22.3 Å². The van der Waals surface area contributed by atoms with Crippen LogP contribution in [-0.2, 0) is 5.41 Å². The van der Waals surface area contributed by atoms with Crippen LogP contribution in [0.1, 0.15) is 45.7 Å². The second-order valence-corrected chi connectivity index (χ2v) is 8.38. The normalized spacial score (nSPS) is 12.0. The van der Waals surface area contributed by atoms with Gasteiger partial charge in [0.2, 0.25) is 0 Å². The molecule has 1 nitrogen and oxygen atoms in total. The van der Waals surface area contributed by atoms with Crippen molar-refractivity contribution in [3.8, 4) is 0 Å². The molecule has 0 amide bonds. The highest BCUT2D eigenvalue weighted by atomic mass is 15.2. The second kappa shape index (κ2) is 6.99. The van der Waals surface area contributed by atoms with Crippen molar-refractivity contribution in [1.82, 2.24) is 0 Å². The van der Waals surface area contributed by atoms with Gasteiger partial charge in [0.15, 0.2) is 0 Å². The van der Waals surface area contributed by atoms with Gasteiger partial charge in [-0.05, 0) is 56.2 Å². The Balaban J connectivity index is 1.98. The number of para-hydroxylation sites is 1. The summed E-state index contributed by atoms with van der Waals surface area (Å²) < 4.78 is 0. The first kappa shape index (κ1) is 18.3. The predicted molar refractivity (Wildman–Crippen MR) is 113 cm³/mol. The minimum absolute atomic E-state index is 0.00216. The van der Waals surface area contributed by atoms with Crippen molar-refractivity contribution in [2.24, 2.45) is 0 Å². The average molecular weight is 344 g/mol. The van der Waals surface area contributed by atoms with Crippen LogP contribution < -0.4 is 4.90 Å². The fourth-order valence-corrected chi connectivity index (χ4v) is 3.55. The fraction of sp³-hybridized carbons (Fsp3) is 0.280. The van der Waals surface area contributed by atoms with Gasteiger partial charge >= 0.3 is 0 Å². The third kappa shape index (κ3) is 3.67. The molecular weight excluding hydrogens is 314 g/mol. The van der Waals surface area contributed by atoms with Crippen LogP contribution in [0.2, 0.25) is 0 Å². The second-order valence-electron chi connectivity index (χ2n) is 8.38. The highest BCUT2D eigenvalue weighted by molar-refractivity contribution is 5.65. The first-order chi connectivity index (χ1) is 12.3. The summed E-state index contributed by atoms with van der Waals surface area (Å²) in [6.07, 6.45) is 0. The van der Waals surface area contributed by atoms with E-state index in [1.807, 2.05) is 0 Å². The number of hydrogen-bond acceptors (Lipinski definition) is 1. The van der Waals surface area contributed by atoms with E-state index in [4.69, 9.17) is 0 Å². The van der Waals surface area contributed by atoms with Crippen LogP contribution >= 0.6 is 0 Å². The van der Waals surface area contributed by atoms with Crippen LogP contribution in [0.4, 0.5) is 11.4 Å². The molecule has 3 rings (SSSR count). The van der Waals surface area contributed by atoms with E-state index in [2.05, 4.69) is 124 Å². The van der Waals surface area contributed by atoms with E-state index in [1.54, 1.807) is 0 Å². The molecule has 0 spiro atoms. The minimum Gasteiger partial charge on any atom is -0.336 e. The predicted octanol–water partition coefficient (Wildman–Crippen LogP) is 6.95. The summed E-state index contributed by atoms with van der Waals surface area (Å²) in [4.78, 5) is 2.40. The lowest BCUT2D eigenvalue weighted by Gasteiger charge is -2.38. The van der Waals surface area contributed by atoms with Crippen LogP contribution in [-0.4, -0.2) is 5.54 Å². The summed E-state index contributed by atoms with van der Waals surface area (Å²) in [7, 11) is 0. The largest absolute Gasteiger partial charge is 0.336 e. The molecule has 3 aromatic carbocycles. The molecule has 0 aliphatic heterocycles. The summed E-state index contributed by atoms with van der Waals surface area (Å²) in [5.74, 6) is 0. The molecule has 0 fully saturated rings. The van der Waals surface area contributed by atoms with Gasteiger partial charge in [-0.3, -0.25) is 0 Å². The van der Waals surface area contributed by atoms with Gasteiger partial charge < -0.3 is 4.90 Å². The Morgan fingerprint density at radius 1 is 0.500 bits per heavy atom. The maximum absolute atomic E-state index is 2.40. The maximum Gasteiger partial charge on any atom is 0.0416 e. The third-order valence-electron chi connectivity index (χ3n) is 5.03. The van der Waals surface area contributed by atoms with E-state index >= 15 is 0 Å². The molecular formula is C25H29N. The molecule has 0 saturated heterocycles. The number of nitrogens with zero attached hydrogens (tertiary/aromatic N) is 1. The maximum atomic E-state index is 2.40. The van der Waals surface area contributed by atoms with Crippen LogP contribution in [0.5, 0.6) is 0 Å². The first-order valence-electron chi connectivity index (χ1n) is 9.31. The Kier molecular flexibility index (Phi) is 4.91. The van der Waals surface area contributed by atoms with Crippen LogP contribution in [0.25, 0.3) is 0 Å². The molecule has 134 valence electrons. The Morgan fingerprint density at radius 3 is 1.42 bits per heavy atom. The summed E-state index contributed by atoms with van der Waals surface area (Å²) >= 11 is 0. The Labute approximate surface area is 158 Å². The zero-order valence-corrected chi connectivity index (χ0v) is 16.5. The van der Waals surface area contributed by atoms with Crippen LogP contribution in [0, 0.1) is 0 Å². The van der Waals surface area contributed by atoms with E-state index in [9.17, 15) is 0 Å². The standard InChI is InChI=1S/C25H29N/c1-24(2,3)26(22-14-10-7-11-15-22)23-18-16-21(17-19-23)25(4,5)20-12-8-6-9-13-20/h6-19H,1-5H3. The van der Waals surface area contributed by atoms with Gasteiger partial charge in [-0.1, -0.05) is 74.5 Å². The monoisotopic (exact) mass is 343 g/mol. The lowest BCUT2D eigenvalue weighted by Crippen LogP contribution is -2.37. The molecule has 0 unspecified atom stereocenters. The fourth-order valence-electron chi connectivity index (χ4n) is 3.55. The average Bonchev–Trinajstić information content (AvgIpc) is 2.63. The van der Waals surface area contributed by atoms with Crippen molar-refractivity contribution < 1.29 is 0 Å². The quantitative estimate of drug-likeness (QED) is 0.495. The first-order valence-corrected chi connectivity index (χ1v) is 9.31. The van der Waals surface area contributed by atoms with E-state index < -0.39 is 0 Å². The number of benzene rings is 3. The summed E-state index contributed by atoms with van der Waals surface area (Å²) in [5, 5.41) is 0. The zero-order chi connectivity index (χ0) is 18.8. The molecule has 0 bridgehead atoms. The van der Waals surface area contributed by atoms with Crippen molar-refractivity contribution in [3.63, 3.8) is 0 Å². The van der Waals surface area contributed by atoms with E-state index in [0.29, 0.717) is 0 Å².